The predicted octanol–water partition coefficient (Wildman–Crippen LogP) is 2.32. The summed E-state index contributed by atoms with van der Waals surface area (Å²) in [6, 6.07) is 7.79. The number of hydrogen-bond acceptors (Lipinski definition) is 5. The number of aromatic nitrogens is 4. The van der Waals surface area contributed by atoms with Crippen LogP contribution in [-0.2, 0) is 0 Å². The summed E-state index contributed by atoms with van der Waals surface area (Å²) in [6.45, 7) is 0. The number of amides is 1. The van der Waals surface area contributed by atoms with Crippen LogP contribution in [0.25, 0.3) is 15.5 Å². The summed E-state index contributed by atoms with van der Waals surface area (Å²) >= 11 is 4.89. The third-order valence-corrected chi connectivity index (χ3v) is 4.32. The van der Waals surface area contributed by atoms with Crippen LogP contribution in [0.15, 0.2) is 28.7 Å². The van der Waals surface area contributed by atoms with Crippen molar-refractivity contribution in [2.24, 2.45) is 0 Å². The van der Waals surface area contributed by atoms with Gasteiger partial charge in [0.1, 0.15) is 5.01 Å². The molecule has 0 atom stereocenters. The summed E-state index contributed by atoms with van der Waals surface area (Å²) in [6.07, 6.45) is 0. The quantitative estimate of drug-likeness (QED) is 0.710. The molecule has 0 aliphatic heterocycles. The molecule has 0 bridgehead atoms. The number of rotatable bonds is 2. The number of nitrogens with zero attached hydrogens (tertiary/aromatic N) is 5. The van der Waals surface area contributed by atoms with Crippen LogP contribution >= 0.6 is 27.3 Å². The first-order valence-corrected chi connectivity index (χ1v) is 7.37. The molecular weight excluding hydrogens is 342 g/mol. The van der Waals surface area contributed by atoms with Crippen molar-refractivity contribution in [2.45, 2.75) is 0 Å². The highest BCUT2D eigenvalue weighted by molar-refractivity contribution is 9.10. The number of carbonyl (C=O) groups is 1. The van der Waals surface area contributed by atoms with E-state index in [0.29, 0.717) is 4.96 Å². The summed E-state index contributed by atoms with van der Waals surface area (Å²) < 4.78 is 2.44. The van der Waals surface area contributed by atoms with Gasteiger partial charge in [0.2, 0.25) is 10.8 Å². The normalized spacial score (nSPS) is 10.9. The second-order valence-corrected chi connectivity index (χ2v) is 6.11. The lowest BCUT2D eigenvalue weighted by molar-refractivity contribution is 0.0813. The Balaban J connectivity index is 2.13. The van der Waals surface area contributed by atoms with Gasteiger partial charge in [0, 0.05) is 24.1 Å². The van der Waals surface area contributed by atoms with Crippen molar-refractivity contribution in [2.75, 3.05) is 14.1 Å². The van der Waals surface area contributed by atoms with E-state index in [-0.39, 0.29) is 11.7 Å². The molecule has 0 N–H and O–H groups in total. The molecule has 8 heteroatoms. The van der Waals surface area contributed by atoms with E-state index >= 15 is 0 Å². The van der Waals surface area contributed by atoms with Crippen LogP contribution < -0.4 is 0 Å². The zero-order valence-corrected chi connectivity index (χ0v) is 13.1. The van der Waals surface area contributed by atoms with E-state index in [1.165, 1.54) is 20.8 Å². The fourth-order valence-electron chi connectivity index (χ4n) is 1.69. The van der Waals surface area contributed by atoms with Crippen LogP contribution in [0.4, 0.5) is 0 Å². The van der Waals surface area contributed by atoms with E-state index in [9.17, 15) is 4.79 Å². The summed E-state index contributed by atoms with van der Waals surface area (Å²) in [4.78, 5) is 14.0. The van der Waals surface area contributed by atoms with Crippen LogP contribution in [0.2, 0.25) is 0 Å². The Kier molecular flexibility index (Phi) is 3.27. The van der Waals surface area contributed by atoms with E-state index in [1.807, 2.05) is 24.3 Å². The molecule has 0 radical (unpaired) electrons. The van der Waals surface area contributed by atoms with E-state index in [2.05, 4.69) is 31.2 Å². The first-order chi connectivity index (χ1) is 9.58. The minimum absolute atomic E-state index is 0.221. The molecule has 2 heterocycles. The Morgan fingerprint density at radius 3 is 2.75 bits per heavy atom. The van der Waals surface area contributed by atoms with Gasteiger partial charge < -0.3 is 4.90 Å². The Bertz CT molecular complexity index is 794. The van der Waals surface area contributed by atoms with Crippen molar-refractivity contribution in [1.82, 2.24) is 24.7 Å². The predicted molar refractivity (Wildman–Crippen MR) is 79.8 cm³/mol. The molecule has 0 aliphatic carbocycles. The molecule has 0 unspecified atom stereocenters. The van der Waals surface area contributed by atoms with Gasteiger partial charge in [-0.3, -0.25) is 4.79 Å². The van der Waals surface area contributed by atoms with Gasteiger partial charge in [0.05, 0.1) is 0 Å². The standard InChI is InChI=1S/C12H10BrN5OS/c1-17(2)11(19)9-14-15-12-18(9)16-10(20-12)7-5-3-4-6-8(7)13/h3-6H,1-2H3. The van der Waals surface area contributed by atoms with E-state index in [1.54, 1.807) is 14.1 Å². The summed E-state index contributed by atoms with van der Waals surface area (Å²) in [5.41, 5.74) is 0.964. The zero-order valence-electron chi connectivity index (χ0n) is 10.7. The Morgan fingerprint density at radius 2 is 2.05 bits per heavy atom. The van der Waals surface area contributed by atoms with E-state index < -0.39 is 0 Å². The SMILES string of the molecule is CN(C)C(=O)c1nnc2sc(-c3ccccc3Br)nn12. The summed E-state index contributed by atoms with van der Waals surface area (Å²) in [7, 11) is 3.34. The van der Waals surface area contributed by atoms with Crippen molar-refractivity contribution < 1.29 is 4.79 Å². The number of hydrogen-bond donors (Lipinski definition) is 0. The van der Waals surface area contributed by atoms with Crippen molar-refractivity contribution in [1.29, 1.82) is 0 Å². The van der Waals surface area contributed by atoms with Crippen LogP contribution in [0.5, 0.6) is 0 Å². The third kappa shape index (κ3) is 2.10. The molecule has 0 spiro atoms. The number of carbonyl (C=O) groups excluding carboxylic acids is 1. The maximum absolute atomic E-state index is 12.0. The average Bonchev–Trinajstić information content (AvgIpc) is 2.98. The van der Waals surface area contributed by atoms with Gasteiger partial charge >= 0.3 is 0 Å². The maximum atomic E-state index is 12.0. The molecule has 6 nitrogen and oxygen atoms in total. The van der Waals surface area contributed by atoms with Crippen LogP contribution in [0.3, 0.4) is 0 Å². The van der Waals surface area contributed by atoms with Gasteiger partial charge in [-0.2, -0.15) is 9.61 Å². The second kappa shape index (κ2) is 4.95. The van der Waals surface area contributed by atoms with Crippen molar-refractivity contribution in [3.05, 3.63) is 34.6 Å². The first-order valence-electron chi connectivity index (χ1n) is 5.76. The minimum atomic E-state index is -0.221. The maximum Gasteiger partial charge on any atom is 0.293 e. The fourth-order valence-corrected chi connectivity index (χ4v) is 3.18. The smallest absolute Gasteiger partial charge is 0.293 e. The molecule has 0 saturated heterocycles. The summed E-state index contributed by atoms with van der Waals surface area (Å²) in [5, 5.41) is 13.1. The van der Waals surface area contributed by atoms with Crippen molar-refractivity contribution in [3.8, 4) is 10.6 Å². The van der Waals surface area contributed by atoms with Crippen molar-refractivity contribution >= 4 is 38.1 Å². The lowest BCUT2D eigenvalue weighted by Crippen LogP contribution is -2.24. The van der Waals surface area contributed by atoms with Gasteiger partial charge in [-0.05, 0) is 6.07 Å². The highest BCUT2D eigenvalue weighted by Crippen LogP contribution is 2.31. The van der Waals surface area contributed by atoms with Gasteiger partial charge in [-0.15, -0.1) is 10.2 Å². The average molecular weight is 352 g/mol. The largest absolute Gasteiger partial charge is 0.342 e. The van der Waals surface area contributed by atoms with Crippen LogP contribution in [0, 0.1) is 0 Å². The summed E-state index contributed by atoms with van der Waals surface area (Å²) in [5.74, 6) is 0.000955. The molecule has 102 valence electrons. The molecule has 0 aliphatic rings. The number of halogens is 1. The molecule has 0 fully saturated rings. The lowest BCUT2D eigenvalue weighted by Gasteiger charge is -2.06. The lowest BCUT2D eigenvalue weighted by atomic mass is 10.2. The fraction of sp³-hybridized carbons (Fsp3) is 0.167. The molecule has 3 aromatic rings. The Hall–Kier alpha value is -1.80. The molecule has 1 amide bonds. The van der Waals surface area contributed by atoms with Crippen LogP contribution in [-0.4, -0.2) is 44.7 Å². The van der Waals surface area contributed by atoms with Gasteiger partial charge in [0.25, 0.3) is 5.91 Å². The van der Waals surface area contributed by atoms with E-state index in [0.717, 1.165) is 15.0 Å². The number of fused-ring (bicyclic) bond motifs is 1. The molecule has 3 rings (SSSR count). The molecule has 1 aromatic carbocycles. The Labute approximate surface area is 127 Å². The number of benzene rings is 1. The topological polar surface area (TPSA) is 63.4 Å². The third-order valence-electron chi connectivity index (χ3n) is 2.69. The molecule has 2 aromatic heterocycles. The van der Waals surface area contributed by atoms with Crippen molar-refractivity contribution in [3.63, 3.8) is 0 Å². The van der Waals surface area contributed by atoms with E-state index in [4.69, 9.17) is 0 Å². The van der Waals surface area contributed by atoms with Gasteiger partial charge in [-0.25, -0.2) is 0 Å². The second-order valence-electron chi connectivity index (χ2n) is 4.30. The zero-order chi connectivity index (χ0) is 14.3. The highest BCUT2D eigenvalue weighted by atomic mass is 79.9. The first kappa shape index (κ1) is 13.2. The monoisotopic (exact) mass is 351 g/mol. The van der Waals surface area contributed by atoms with Crippen LogP contribution in [0.1, 0.15) is 10.6 Å². The molecule has 20 heavy (non-hydrogen) atoms. The van der Waals surface area contributed by atoms with Gasteiger partial charge in [0.15, 0.2) is 0 Å². The minimum Gasteiger partial charge on any atom is -0.342 e. The molecule has 0 saturated carbocycles. The van der Waals surface area contributed by atoms with Gasteiger partial charge in [-0.1, -0.05) is 45.5 Å². The highest BCUT2D eigenvalue weighted by Gasteiger charge is 2.20. The Morgan fingerprint density at radius 1 is 1.30 bits per heavy atom. The molecular formula is C12H10BrN5OS.